The SMILES string of the molecule is CCCCCCCCCCOc1ccc(OC(=O)c2ccc(C3OCC(CCC(C)CC)CO3)cc2)cc1. The van der Waals surface area contributed by atoms with Crippen LogP contribution in [0.3, 0.4) is 0 Å². The van der Waals surface area contributed by atoms with Gasteiger partial charge in [-0.15, -0.1) is 0 Å². The second kappa shape index (κ2) is 17.3. The van der Waals surface area contributed by atoms with Gasteiger partial charge in [0.15, 0.2) is 6.29 Å². The zero-order valence-electron chi connectivity index (χ0n) is 23.8. The van der Waals surface area contributed by atoms with Crippen LogP contribution in [0.2, 0.25) is 0 Å². The molecule has 210 valence electrons. The lowest BCUT2D eigenvalue weighted by Crippen LogP contribution is -2.27. The van der Waals surface area contributed by atoms with Crippen molar-refractivity contribution in [2.45, 2.75) is 97.7 Å². The van der Waals surface area contributed by atoms with Gasteiger partial charge in [0.2, 0.25) is 0 Å². The minimum absolute atomic E-state index is 0.377. The van der Waals surface area contributed by atoms with E-state index in [1.807, 2.05) is 24.3 Å². The van der Waals surface area contributed by atoms with Crippen LogP contribution in [-0.4, -0.2) is 25.8 Å². The molecule has 1 fully saturated rings. The minimum atomic E-state index is -0.389. The van der Waals surface area contributed by atoms with Gasteiger partial charge in [-0.05, 0) is 55.2 Å². The van der Waals surface area contributed by atoms with E-state index in [1.54, 1.807) is 24.3 Å². The van der Waals surface area contributed by atoms with Crippen LogP contribution in [0, 0.1) is 11.8 Å². The largest absolute Gasteiger partial charge is 0.494 e. The van der Waals surface area contributed by atoms with Gasteiger partial charge in [0.1, 0.15) is 11.5 Å². The first-order valence-electron chi connectivity index (χ1n) is 14.9. The first-order valence-corrected chi connectivity index (χ1v) is 14.9. The molecule has 0 saturated carbocycles. The summed E-state index contributed by atoms with van der Waals surface area (Å²) >= 11 is 0. The van der Waals surface area contributed by atoms with Crippen molar-refractivity contribution < 1.29 is 23.7 Å². The predicted octanol–water partition coefficient (Wildman–Crippen LogP) is 8.91. The van der Waals surface area contributed by atoms with Crippen molar-refractivity contribution in [3.8, 4) is 11.5 Å². The first kappa shape index (κ1) is 30.2. The highest BCUT2D eigenvalue weighted by atomic mass is 16.7. The zero-order chi connectivity index (χ0) is 27.0. The van der Waals surface area contributed by atoms with Gasteiger partial charge >= 0.3 is 5.97 Å². The summed E-state index contributed by atoms with van der Waals surface area (Å²) in [5.74, 6) is 2.11. The van der Waals surface area contributed by atoms with E-state index in [2.05, 4.69) is 20.8 Å². The second-order valence-corrected chi connectivity index (χ2v) is 10.8. The molecule has 0 radical (unpaired) electrons. The van der Waals surface area contributed by atoms with E-state index in [-0.39, 0.29) is 12.3 Å². The molecule has 1 aliphatic rings. The summed E-state index contributed by atoms with van der Waals surface area (Å²) in [6.45, 7) is 8.92. The molecule has 5 nitrogen and oxygen atoms in total. The van der Waals surface area contributed by atoms with Crippen LogP contribution in [-0.2, 0) is 9.47 Å². The molecular formula is C33H48O5. The van der Waals surface area contributed by atoms with Crippen molar-refractivity contribution in [1.82, 2.24) is 0 Å². The molecule has 0 aromatic heterocycles. The van der Waals surface area contributed by atoms with E-state index in [4.69, 9.17) is 18.9 Å². The molecular weight excluding hydrogens is 476 g/mol. The Bertz CT molecular complexity index is 900. The summed E-state index contributed by atoms with van der Waals surface area (Å²) in [4.78, 5) is 12.6. The minimum Gasteiger partial charge on any atom is -0.494 e. The lowest BCUT2D eigenvalue weighted by molar-refractivity contribution is -0.206. The predicted molar refractivity (Wildman–Crippen MR) is 153 cm³/mol. The van der Waals surface area contributed by atoms with E-state index < -0.39 is 0 Å². The third-order valence-corrected chi connectivity index (χ3v) is 7.45. The van der Waals surface area contributed by atoms with Crippen LogP contribution in [0.1, 0.15) is 114 Å². The smallest absolute Gasteiger partial charge is 0.343 e. The quantitative estimate of drug-likeness (QED) is 0.117. The first-order chi connectivity index (χ1) is 18.6. The topological polar surface area (TPSA) is 54.0 Å². The molecule has 1 heterocycles. The summed E-state index contributed by atoms with van der Waals surface area (Å²) < 4.78 is 23.3. The summed E-state index contributed by atoms with van der Waals surface area (Å²) in [5, 5.41) is 0. The molecule has 1 unspecified atom stereocenters. The van der Waals surface area contributed by atoms with Gasteiger partial charge in [0, 0.05) is 11.5 Å². The second-order valence-electron chi connectivity index (χ2n) is 10.8. The Labute approximate surface area is 230 Å². The summed E-state index contributed by atoms with van der Waals surface area (Å²) in [7, 11) is 0. The number of unbranched alkanes of at least 4 members (excludes halogenated alkanes) is 7. The van der Waals surface area contributed by atoms with Gasteiger partial charge in [-0.25, -0.2) is 4.79 Å². The number of esters is 1. The highest BCUT2D eigenvalue weighted by Crippen LogP contribution is 2.28. The number of rotatable bonds is 17. The number of carbonyl (C=O) groups excluding carboxylic acids is 1. The Kier molecular flexibility index (Phi) is 13.7. The van der Waals surface area contributed by atoms with Crippen molar-refractivity contribution in [2.75, 3.05) is 19.8 Å². The maximum atomic E-state index is 12.6. The average Bonchev–Trinajstić information content (AvgIpc) is 2.96. The van der Waals surface area contributed by atoms with E-state index in [0.29, 0.717) is 37.1 Å². The van der Waals surface area contributed by atoms with Gasteiger partial charge in [-0.1, -0.05) is 90.7 Å². The molecule has 0 amide bonds. The third-order valence-electron chi connectivity index (χ3n) is 7.45. The van der Waals surface area contributed by atoms with Crippen LogP contribution < -0.4 is 9.47 Å². The maximum Gasteiger partial charge on any atom is 0.343 e. The van der Waals surface area contributed by atoms with Crippen LogP contribution in [0.5, 0.6) is 11.5 Å². The van der Waals surface area contributed by atoms with Crippen molar-refractivity contribution >= 4 is 5.97 Å². The summed E-state index contributed by atoms with van der Waals surface area (Å²) in [6.07, 6.45) is 13.4. The molecule has 3 rings (SSSR count). The molecule has 0 bridgehead atoms. The molecule has 1 atom stereocenters. The van der Waals surface area contributed by atoms with Crippen LogP contribution in [0.15, 0.2) is 48.5 Å². The third kappa shape index (κ3) is 10.8. The molecule has 1 aliphatic heterocycles. The number of hydrogen-bond acceptors (Lipinski definition) is 5. The fraction of sp³-hybridized carbons (Fsp3) is 0.606. The highest BCUT2D eigenvalue weighted by molar-refractivity contribution is 5.91. The van der Waals surface area contributed by atoms with Crippen LogP contribution in [0.25, 0.3) is 0 Å². The fourth-order valence-corrected chi connectivity index (χ4v) is 4.60. The molecule has 2 aromatic carbocycles. The Balaban J connectivity index is 1.34. The van der Waals surface area contributed by atoms with Crippen molar-refractivity contribution in [3.63, 3.8) is 0 Å². The van der Waals surface area contributed by atoms with Gasteiger partial charge in [-0.3, -0.25) is 0 Å². The fourth-order valence-electron chi connectivity index (χ4n) is 4.60. The average molecular weight is 525 g/mol. The number of benzene rings is 2. The van der Waals surface area contributed by atoms with E-state index in [0.717, 1.165) is 30.1 Å². The van der Waals surface area contributed by atoms with E-state index in [1.165, 1.54) is 57.8 Å². The number of hydrogen-bond donors (Lipinski definition) is 0. The summed E-state index contributed by atoms with van der Waals surface area (Å²) in [6, 6.07) is 14.5. The van der Waals surface area contributed by atoms with Crippen molar-refractivity contribution in [3.05, 3.63) is 59.7 Å². The Hall–Kier alpha value is -2.37. The lowest BCUT2D eigenvalue weighted by atomic mass is 9.96. The molecule has 0 N–H and O–H groups in total. The van der Waals surface area contributed by atoms with Crippen LogP contribution >= 0.6 is 0 Å². The molecule has 1 saturated heterocycles. The number of carbonyl (C=O) groups is 1. The van der Waals surface area contributed by atoms with E-state index in [9.17, 15) is 4.79 Å². The molecule has 0 spiro atoms. The van der Waals surface area contributed by atoms with Gasteiger partial charge in [0.05, 0.1) is 25.4 Å². The number of ether oxygens (including phenoxy) is 4. The van der Waals surface area contributed by atoms with Crippen molar-refractivity contribution in [2.24, 2.45) is 11.8 Å². The normalized spacial score (nSPS) is 18.2. The highest BCUT2D eigenvalue weighted by Gasteiger charge is 2.24. The Morgan fingerprint density at radius 1 is 0.842 bits per heavy atom. The monoisotopic (exact) mass is 524 g/mol. The lowest BCUT2D eigenvalue weighted by Gasteiger charge is -2.30. The molecule has 38 heavy (non-hydrogen) atoms. The maximum absolute atomic E-state index is 12.6. The Morgan fingerprint density at radius 2 is 1.45 bits per heavy atom. The van der Waals surface area contributed by atoms with Crippen LogP contribution in [0.4, 0.5) is 0 Å². The molecule has 5 heteroatoms. The van der Waals surface area contributed by atoms with Gasteiger partial charge in [0.25, 0.3) is 0 Å². The molecule has 0 aliphatic carbocycles. The standard InChI is InChI=1S/C33H48O5/c1-4-6-7-8-9-10-11-12-23-35-30-19-21-31(22-20-30)38-32(34)28-15-17-29(18-16-28)33-36-24-27(25-37-33)14-13-26(3)5-2/h15-22,26-27,33H,4-14,23-25H2,1-3H3. The van der Waals surface area contributed by atoms with Gasteiger partial charge in [-0.2, -0.15) is 0 Å². The molecule has 2 aromatic rings. The van der Waals surface area contributed by atoms with Gasteiger partial charge < -0.3 is 18.9 Å². The van der Waals surface area contributed by atoms with Crippen molar-refractivity contribution in [1.29, 1.82) is 0 Å². The van der Waals surface area contributed by atoms with E-state index >= 15 is 0 Å². The zero-order valence-corrected chi connectivity index (χ0v) is 23.8. The summed E-state index contributed by atoms with van der Waals surface area (Å²) in [5.41, 5.74) is 1.41. The Morgan fingerprint density at radius 3 is 2.08 bits per heavy atom.